The quantitative estimate of drug-likeness (QED) is 0.772. The lowest BCUT2D eigenvalue weighted by atomic mass is 9.74. The molecular formula is C14H16F3N3O. The van der Waals surface area contributed by atoms with Gasteiger partial charge in [0.1, 0.15) is 0 Å². The maximum atomic E-state index is 12.9. The summed E-state index contributed by atoms with van der Waals surface area (Å²) in [6, 6.07) is 2.93. The summed E-state index contributed by atoms with van der Waals surface area (Å²) < 4.78 is 38.6. The smallest absolute Gasteiger partial charge is 0.351 e. The second-order valence-corrected chi connectivity index (χ2v) is 5.68. The van der Waals surface area contributed by atoms with Crippen LogP contribution in [0.5, 0.6) is 0 Å². The van der Waals surface area contributed by atoms with E-state index in [-0.39, 0.29) is 5.41 Å². The van der Waals surface area contributed by atoms with Crippen molar-refractivity contribution in [2.75, 3.05) is 24.5 Å². The number of nitrogens with zero attached hydrogens (tertiary/aromatic N) is 1. The van der Waals surface area contributed by atoms with Crippen molar-refractivity contribution in [3.8, 4) is 0 Å². The highest BCUT2D eigenvalue weighted by molar-refractivity contribution is 5.94. The molecule has 0 radical (unpaired) electrons. The number of anilines is 1. The van der Waals surface area contributed by atoms with Gasteiger partial charge in [-0.2, -0.15) is 13.2 Å². The zero-order valence-electron chi connectivity index (χ0n) is 11.3. The third kappa shape index (κ3) is 2.25. The lowest BCUT2D eigenvalue weighted by Crippen LogP contribution is -2.45. The van der Waals surface area contributed by atoms with Crippen LogP contribution in [0.25, 0.3) is 0 Å². The lowest BCUT2D eigenvalue weighted by molar-refractivity contribution is -0.137. The Balaban J connectivity index is 2.10. The second-order valence-electron chi connectivity index (χ2n) is 5.68. The van der Waals surface area contributed by atoms with E-state index in [1.807, 2.05) is 0 Å². The molecular weight excluding hydrogens is 283 g/mol. The molecule has 0 aliphatic carbocycles. The van der Waals surface area contributed by atoms with Crippen molar-refractivity contribution < 1.29 is 18.0 Å². The van der Waals surface area contributed by atoms with Gasteiger partial charge in [-0.1, -0.05) is 6.07 Å². The van der Waals surface area contributed by atoms with Crippen molar-refractivity contribution in [2.24, 2.45) is 5.73 Å². The molecule has 21 heavy (non-hydrogen) atoms. The highest BCUT2D eigenvalue weighted by Gasteiger charge is 2.46. The molecule has 1 aromatic carbocycles. The first kappa shape index (κ1) is 14.2. The molecule has 2 amide bonds. The molecule has 2 aliphatic heterocycles. The third-order valence-corrected chi connectivity index (χ3v) is 4.47. The summed E-state index contributed by atoms with van der Waals surface area (Å²) >= 11 is 0. The van der Waals surface area contributed by atoms with Gasteiger partial charge in [0, 0.05) is 17.6 Å². The van der Waals surface area contributed by atoms with E-state index < -0.39 is 17.8 Å². The largest absolute Gasteiger partial charge is 0.416 e. The predicted octanol–water partition coefficient (Wildman–Crippen LogP) is 2.23. The number of carbonyl (C=O) groups is 1. The molecule has 3 N–H and O–H groups in total. The molecule has 1 fully saturated rings. The molecule has 1 aromatic rings. The molecule has 0 unspecified atom stereocenters. The summed E-state index contributed by atoms with van der Waals surface area (Å²) in [5, 5.41) is 3.23. The van der Waals surface area contributed by atoms with E-state index in [4.69, 9.17) is 5.73 Å². The molecule has 3 rings (SSSR count). The molecule has 0 bridgehead atoms. The fourth-order valence-electron chi connectivity index (χ4n) is 3.38. The van der Waals surface area contributed by atoms with E-state index in [1.54, 1.807) is 0 Å². The number of amides is 2. The molecule has 2 heterocycles. The van der Waals surface area contributed by atoms with E-state index in [1.165, 1.54) is 11.0 Å². The van der Waals surface area contributed by atoms with Crippen LogP contribution in [-0.2, 0) is 11.6 Å². The number of nitrogens with two attached hydrogens (primary N) is 1. The van der Waals surface area contributed by atoms with E-state index >= 15 is 0 Å². The van der Waals surface area contributed by atoms with Gasteiger partial charge in [0.25, 0.3) is 0 Å². The number of carbonyl (C=O) groups excluding carboxylic acids is 1. The van der Waals surface area contributed by atoms with Gasteiger partial charge in [-0.15, -0.1) is 0 Å². The Labute approximate surface area is 120 Å². The van der Waals surface area contributed by atoms with Crippen molar-refractivity contribution in [1.29, 1.82) is 0 Å². The number of hydrogen-bond donors (Lipinski definition) is 2. The van der Waals surface area contributed by atoms with Crippen molar-refractivity contribution in [3.63, 3.8) is 0 Å². The highest BCUT2D eigenvalue weighted by Crippen LogP contribution is 2.47. The van der Waals surface area contributed by atoms with Crippen LogP contribution in [0.2, 0.25) is 0 Å². The lowest BCUT2D eigenvalue weighted by Gasteiger charge is -2.34. The number of urea groups is 1. The number of benzene rings is 1. The minimum atomic E-state index is -4.43. The van der Waals surface area contributed by atoms with Crippen LogP contribution < -0.4 is 16.0 Å². The fraction of sp³-hybridized carbons (Fsp3) is 0.500. The number of alkyl halides is 3. The average molecular weight is 299 g/mol. The minimum absolute atomic E-state index is 0.278. The Hall–Kier alpha value is -1.76. The normalized spacial score (nSPS) is 20.6. The van der Waals surface area contributed by atoms with Crippen molar-refractivity contribution in [1.82, 2.24) is 5.32 Å². The van der Waals surface area contributed by atoms with E-state index in [2.05, 4.69) is 5.32 Å². The molecule has 0 saturated carbocycles. The second kappa shape index (κ2) is 4.62. The number of hydrogen-bond acceptors (Lipinski definition) is 2. The molecule has 4 nitrogen and oxygen atoms in total. The third-order valence-electron chi connectivity index (χ3n) is 4.47. The summed E-state index contributed by atoms with van der Waals surface area (Å²) in [6.07, 6.45) is -2.85. The standard InChI is InChI=1S/C14H16F3N3O/c15-14(16,17)9-1-2-10-11(7-9)20(12(18)21)8-13(10)3-5-19-6-4-13/h1-2,7,19H,3-6,8H2,(H2,18,21). The van der Waals surface area contributed by atoms with Gasteiger partial charge in [0.15, 0.2) is 0 Å². The van der Waals surface area contributed by atoms with E-state index in [0.717, 1.165) is 43.6 Å². The van der Waals surface area contributed by atoms with Crippen LogP contribution in [0.1, 0.15) is 24.0 Å². The molecule has 7 heteroatoms. The molecule has 0 aromatic heterocycles. The van der Waals surface area contributed by atoms with Gasteiger partial charge in [-0.25, -0.2) is 4.79 Å². The van der Waals surface area contributed by atoms with Crippen LogP contribution >= 0.6 is 0 Å². The number of nitrogens with one attached hydrogen (secondary N) is 1. The Morgan fingerprint density at radius 3 is 2.52 bits per heavy atom. The van der Waals surface area contributed by atoms with Gasteiger partial charge in [0.2, 0.25) is 0 Å². The van der Waals surface area contributed by atoms with Crippen LogP contribution in [0.4, 0.5) is 23.7 Å². The van der Waals surface area contributed by atoms with Crippen molar-refractivity contribution >= 4 is 11.7 Å². The molecule has 0 atom stereocenters. The van der Waals surface area contributed by atoms with Gasteiger partial charge < -0.3 is 11.1 Å². The average Bonchev–Trinajstić information content (AvgIpc) is 2.73. The summed E-state index contributed by atoms with van der Waals surface area (Å²) in [6.45, 7) is 1.93. The van der Waals surface area contributed by atoms with Gasteiger partial charge in [-0.3, -0.25) is 4.90 Å². The summed E-state index contributed by atoms with van der Waals surface area (Å²) in [4.78, 5) is 12.9. The Morgan fingerprint density at radius 2 is 1.95 bits per heavy atom. The molecule has 2 aliphatic rings. The molecule has 114 valence electrons. The Bertz CT molecular complexity index is 579. The summed E-state index contributed by atoms with van der Waals surface area (Å²) in [5.74, 6) is 0. The number of piperidine rings is 1. The topological polar surface area (TPSA) is 58.4 Å². The fourth-order valence-corrected chi connectivity index (χ4v) is 3.38. The number of fused-ring (bicyclic) bond motifs is 2. The first-order valence-corrected chi connectivity index (χ1v) is 6.83. The summed E-state index contributed by atoms with van der Waals surface area (Å²) in [7, 11) is 0. The maximum Gasteiger partial charge on any atom is 0.416 e. The van der Waals surface area contributed by atoms with Gasteiger partial charge in [0.05, 0.1) is 5.56 Å². The predicted molar refractivity (Wildman–Crippen MR) is 72.2 cm³/mol. The number of primary amides is 1. The zero-order chi connectivity index (χ0) is 15.3. The highest BCUT2D eigenvalue weighted by atomic mass is 19.4. The minimum Gasteiger partial charge on any atom is -0.351 e. The Morgan fingerprint density at radius 1 is 1.29 bits per heavy atom. The zero-order valence-corrected chi connectivity index (χ0v) is 11.3. The SMILES string of the molecule is NC(=O)N1CC2(CCNCC2)c2ccc(C(F)(F)F)cc21. The van der Waals surface area contributed by atoms with E-state index in [0.29, 0.717) is 12.2 Å². The van der Waals surface area contributed by atoms with Gasteiger partial charge >= 0.3 is 12.2 Å². The van der Waals surface area contributed by atoms with Crippen LogP contribution in [0.3, 0.4) is 0 Å². The molecule has 1 saturated heterocycles. The van der Waals surface area contributed by atoms with Crippen LogP contribution in [-0.4, -0.2) is 25.7 Å². The van der Waals surface area contributed by atoms with Crippen LogP contribution in [0, 0.1) is 0 Å². The maximum absolute atomic E-state index is 12.9. The number of rotatable bonds is 0. The van der Waals surface area contributed by atoms with Crippen molar-refractivity contribution in [2.45, 2.75) is 24.4 Å². The van der Waals surface area contributed by atoms with Gasteiger partial charge in [-0.05, 0) is 43.6 Å². The van der Waals surface area contributed by atoms with Crippen LogP contribution in [0.15, 0.2) is 18.2 Å². The monoisotopic (exact) mass is 299 g/mol. The number of halogens is 3. The molecule has 1 spiro atoms. The summed E-state index contributed by atoms with van der Waals surface area (Å²) in [5.41, 5.74) is 5.43. The van der Waals surface area contributed by atoms with Crippen molar-refractivity contribution in [3.05, 3.63) is 29.3 Å². The first-order chi connectivity index (χ1) is 9.83. The Kier molecular flexibility index (Phi) is 3.12. The van der Waals surface area contributed by atoms with E-state index in [9.17, 15) is 18.0 Å². The first-order valence-electron chi connectivity index (χ1n) is 6.83.